The molecule has 2 unspecified atom stereocenters. The highest BCUT2D eigenvalue weighted by molar-refractivity contribution is 7.85. The van der Waals surface area contributed by atoms with Crippen LogP contribution in [-0.2, 0) is 15.6 Å². The van der Waals surface area contributed by atoms with Crippen molar-refractivity contribution < 1.29 is 14.1 Å². The van der Waals surface area contributed by atoms with E-state index in [2.05, 4.69) is 0 Å². The molecular weight excluding hydrogens is 190 g/mol. The maximum atomic E-state index is 11.3. The van der Waals surface area contributed by atoms with E-state index in [4.69, 9.17) is 5.11 Å². The van der Waals surface area contributed by atoms with E-state index < -0.39 is 17.4 Å². The van der Waals surface area contributed by atoms with Crippen LogP contribution in [0.25, 0.3) is 0 Å². The summed E-state index contributed by atoms with van der Waals surface area (Å²) in [5.74, 6) is 1.20. The normalized spacial score (nSPS) is 29.8. The van der Waals surface area contributed by atoms with Gasteiger partial charge in [-0.3, -0.25) is 9.00 Å². The lowest BCUT2D eigenvalue weighted by Crippen LogP contribution is -2.37. The summed E-state index contributed by atoms with van der Waals surface area (Å²) in [6, 6.07) is 0. The molecule has 0 spiro atoms. The Balaban J connectivity index is 2.57. The average Bonchev–Trinajstić information content (AvgIpc) is 2.25. The zero-order valence-corrected chi connectivity index (χ0v) is 8.55. The molecule has 4 nitrogen and oxygen atoms in total. The lowest BCUT2D eigenvalue weighted by atomic mass is 10.2. The van der Waals surface area contributed by atoms with Crippen molar-refractivity contribution in [2.75, 3.05) is 31.2 Å². The van der Waals surface area contributed by atoms with Crippen molar-refractivity contribution in [3.05, 3.63) is 0 Å². The van der Waals surface area contributed by atoms with Gasteiger partial charge in [-0.1, -0.05) is 6.92 Å². The van der Waals surface area contributed by atoms with E-state index >= 15 is 0 Å². The molecule has 0 aromatic rings. The quantitative estimate of drug-likeness (QED) is 0.610. The van der Waals surface area contributed by atoms with Gasteiger partial charge in [0.05, 0.1) is 0 Å². The molecule has 13 heavy (non-hydrogen) atoms. The van der Waals surface area contributed by atoms with E-state index in [1.54, 1.807) is 4.90 Å². The predicted octanol–water partition coefficient (Wildman–Crippen LogP) is -0.794. The molecule has 0 radical (unpaired) electrons. The van der Waals surface area contributed by atoms with Gasteiger partial charge in [-0.2, -0.15) is 0 Å². The number of hydrogen-bond donors (Lipinski definition) is 1. The van der Waals surface area contributed by atoms with Gasteiger partial charge in [-0.05, 0) is 5.92 Å². The van der Waals surface area contributed by atoms with Gasteiger partial charge in [-0.25, -0.2) is 0 Å². The molecular formula is C8H15NO3S. The third-order valence-corrected chi connectivity index (χ3v) is 3.66. The first kappa shape index (κ1) is 10.7. The van der Waals surface area contributed by atoms with Crippen LogP contribution in [0.5, 0.6) is 0 Å². The smallest absolute Gasteiger partial charge is 0.248 e. The average molecular weight is 205 g/mol. The number of aliphatic hydroxyl groups is 1. The number of rotatable bonds is 1. The molecule has 1 heterocycles. The second-order valence-corrected chi connectivity index (χ2v) is 5.03. The SMILES string of the molecule is CC1CN(C(=O)CO)CCS(=O)C1. The number of nitrogens with zero attached hydrogens (tertiary/aromatic N) is 1. The second kappa shape index (κ2) is 4.72. The molecule has 0 bridgehead atoms. The first-order valence-electron chi connectivity index (χ1n) is 4.37. The van der Waals surface area contributed by atoms with Crippen LogP contribution >= 0.6 is 0 Å². The number of carbonyl (C=O) groups excluding carboxylic acids is 1. The summed E-state index contributed by atoms with van der Waals surface area (Å²) in [7, 11) is -0.802. The summed E-state index contributed by atoms with van der Waals surface area (Å²) in [4.78, 5) is 12.7. The summed E-state index contributed by atoms with van der Waals surface area (Å²) in [6.45, 7) is 2.65. The Morgan fingerprint density at radius 3 is 3.00 bits per heavy atom. The van der Waals surface area contributed by atoms with Crippen molar-refractivity contribution in [1.29, 1.82) is 0 Å². The molecule has 0 saturated carbocycles. The summed E-state index contributed by atoms with van der Waals surface area (Å²) in [5.41, 5.74) is 0. The number of aliphatic hydroxyl groups excluding tert-OH is 1. The first-order chi connectivity index (χ1) is 6.13. The van der Waals surface area contributed by atoms with E-state index in [-0.39, 0.29) is 11.8 Å². The van der Waals surface area contributed by atoms with E-state index in [1.807, 2.05) is 6.92 Å². The molecule has 0 aromatic carbocycles. The molecule has 1 fully saturated rings. The molecule has 0 aliphatic carbocycles. The van der Waals surface area contributed by atoms with Crippen molar-refractivity contribution in [3.8, 4) is 0 Å². The lowest BCUT2D eigenvalue weighted by Gasteiger charge is -2.20. The summed E-state index contributed by atoms with van der Waals surface area (Å²) >= 11 is 0. The molecule has 1 N–H and O–H groups in total. The Labute approximate surface area is 80.4 Å². The monoisotopic (exact) mass is 205 g/mol. The van der Waals surface area contributed by atoms with Crippen molar-refractivity contribution in [2.24, 2.45) is 5.92 Å². The van der Waals surface area contributed by atoms with Gasteiger partial charge >= 0.3 is 0 Å². The van der Waals surface area contributed by atoms with Crippen LogP contribution in [0, 0.1) is 5.92 Å². The van der Waals surface area contributed by atoms with Crippen molar-refractivity contribution >= 4 is 16.7 Å². The summed E-state index contributed by atoms with van der Waals surface area (Å²) in [6.07, 6.45) is 0. The number of carbonyl (C=O) groups is 1. The minimum absolute atomic E-state index is 0.259. The molecule has 0 aromatic heterocycles. The predicted molar refractivity (Wildman–Crippen MR) is 50.7 cm³/mol. The van der Waals surface area contributed by atoms with Gasteiger partial charge in [0.15, 0.2) is 0 Å². The van der Waals surface area contributed by atoms with Gasteiger partial charge < -0.3 is 10.0 Å². The van der Waals surface area contributed by atoms with Crippen LogP contribution in [0.4, 0.5) is 0 Å². The minimum atomic E-state index is -0.802. The zero-order chi connectivity index (χ0) is 9.84. The van der Waals surface area contributed by atoms with Crippen LogP contribution in [0.2, 0.25) is 0 Å². The highest BCUT2D eigenvalue weighted by atomic mass is 32.2. The van der Waals surface area contributed by atoms with Gasteiger partial charge in [0.25, 0.3) is 0 Å². The maximum absolute atomic E-state index is 11.3. The maximum Gasteiger partial charge on any atom is 0.248 e. The third kappa shape index (κ3) is 3.08. The molecule has 1 rings (SSSR count). The standard InChI is InChI=1S/C8H15NO3S/c1-7-4-9(8(11)5-10)2-3-13(12)6-7/h7,10H,2-6H2,1H3. The zero-order valence-electron chi connectivity index (χ0n) is 7.73. The van der Waals surface area contributed by atoms with Gasteiger partial charge in [0.2, 0.25) is 5.91 Å². The Morgan fingerprint density at radius 2 is 2.38 bits per heavy atom. The molecule has 1 saturated heterocycles. The van der Waals surface area contributed by atoms with Crippen LogP contribution < -0.4 is 0 Å². The Bertz CT molecular complexity index is 219. The largest absolute Gasteiger partial charge is 0.387 e. The van der Waals surface area contributed by atoms with Crippen molar-refractivity contribution in [1.82, 2.24) is 4.90 Å². The number of amides is 1. The van der Waals surface area contributed by atoms with Gasteiger partial charge in [-0.15, -0.1) is 0 Å². The summed E-state index contributed by atoms with van der Waals surface area (Å²) in [5, 5.41) is 8.66. The Morgan fingerprint density at radius 1 is 1.69 bits per heavy atom. The van der Waals surface area contributed by atoms with E-state index in [0.29, 0.717) is 24.6 Å². The van der Waals surface area contributed by atoms with E-state index in [9.17, 15) is 9.00 Å². The van der Waals surface area contributed by atoms with Crippen LogP contribution in [0.3, 0.4) is 0 Å². The fourth-order valence-corrected chi connectivity index (χ4v) is 2.79. The molecule has 2 atom stereocenters. The Hall–Kier alpha value is -0.420. The number of hydrogen-bond acceptors (Lipinski definition) is 3. The van der Waals surface area contributed by atoms with Gasteiger partial charge in [0, 0.05) is 35.4 Å². The van der Waals surface area contributed by atoms with E-state index in [1.165, 1.54) is 0 Å². The molecule has 5 heteroatoms. The fraction of sp³-hybridized carbons (Fsp3) is 0.875. The highest BCUT2D eigenvalue weighted by Crippen LogP contribution is 2.08. The van der Waals surface area contributed by atoms with Gasteiger partial charge in [0.1, 0.15) is 6.61 Å². The highest BCUT2D eigenvalue weighted by Gasteiger charge is 2.21. The minimum Gasteiger partial charge on any atom is -0.387 e. The molecule has 1 amide bonds. The second-order valence-electron chi connectivity index (χ2n) is 3.41. The van der Waals surface area contributed by atoms with Crippen LogP contribution in [0.1, 0.15) is 6.92 Å². The van der Waals surface area contributed by atoms with Crippen LogP contribution in [-0.4, -0.2) is 51.3 Å². The molecule has 76 valence electrons. The fourth-order valence-electron chi connectivity index (χ4n) is 1.46. The topological polar surface area (TPSA) is 57.6 Å². The van der Waals surface area contributed by atoms with E-state index in [0.717, 1.165) is 0 Å². The lowest BCUT2D eigenvalue weighted by molar-refractivity contribution is -0.134. The third-order valence-electron chi connectivity index (χ3n) is 2.08. The van der Waals surface area contributed by atoms with Crippen molar-refractivity contribution in [3.63, 3.8) is 0 Å². The summed E-state index contributed by atoms with van der Waals surface area (Å²) < 4.78 is 11.3. The van der Waals surface area contributed by atoms with Crippen LogP contribution in [0.15, 0.2) is 0 Å². The molecule has 1 aliphatic heterocycles. The Kier molecular flexibility index (Phi) is 3.87. The van der Waals surface area contributed by atoms with Crippen molar-refractivity contribution in [2.45, 2.75) is 6.92 Å². The first-order valence-corrected chi connectivity index (χ1v) is 5.86. The molecule has 1 aliphatic rings.